The van der Waals surface area contributed by atoms with Crippen LogP contribution in [0, 0.1) is 5.82 Å². The van der Waals surface area contributed by atoms with Gasteiger partial charge in [-0.25, -0.2) is 9.18 Å². The maximum Gasteiger partial charge on any atom is 0.331 e. The van der Waals surface area contributed by atoms with E-state index in [1.54, 1.807) is 6.07 Å². The van der Waals surface area contributed by atoms with Crippen LogP contribution < -0.4 is 17.0 Å². The monoisotopic (exact) mass is 293 g/mol. The van der Waals surface area contributed by atoms with E-state index in [1.807, 2.05) is 0 Å². The summed E-state index contributed by atoms with van der Waals surface area (Å²) in [5.41, 5.74) is 5.04. The molecule has 0 saturated carbocycles. The van der Waals surface area contributed by atoms with Crippen LogP contribution in [-0.2, 0) is 13.6 Å². The molecule has 0 fully saturated rings. The van der Waals surface area contributed by atoms with Crippen LogP contribution in [0.25, 0.3) is 0 Å². The van der Waals surface area contributed by atoms with Crippen LogP contribution in [0.4, 0.5) is 4.39 Å². The lowest BCUT2D eigenvalue weighted by atomic mass is 10.1. The molecule has 1 aromatic carbocycles. The van der Waals surface area contributed by atoms with Crippen LogP contribution >= 0.6 is 12.2 Å². The summed E-state index contributed by atoms with van der Waals surface area (Å²) in [6, 6.07) is 5.46. The number of nitrogens with two attached hydrogens (primary N) is 1. The van der Waals surface area contributed by atoms with Gasteiger partial charge < -0.3 is 10.3 Å². The molecule has 0 amide bonds. The molecule has 0 aliphatic heterocycles. The number of thiocarbonyl (C=S) groups is 1. The summed E-state index contributed by atoms with van der Waals surface area (Å²) in [5, 5.41) is 0. The van der Waals surface area contributed by atoms with Gasteiger partial charge in [0, 0.05) is 30.4 Å². The highest BCUT2D eigenvalue weighted by molar-refractivity contribution is 7.80. The maximum absolute atomic E-state index is 13.9. The molecule has 2 N–H and O–H groups in total. The number of aryl methyl sites for hydroxylation is 1. The van der Waals surface area contributed by atoms with E-state index in [9.17, 15) is 14.0 Å². The Kier molecular flexibility index (Phi) is 3.80. The smallest absolute Gasteiger partial charge is 0.331 e. The Hall–Kier alpha value is -2.28. The van der Waals surface area contributed by atoms with Gasteiger partial charge in [-0.15, -0.1) is 0 Å². The first kappa shape index (κ1) is 14.1. The van der Waals surface area contributed by atoms with Crippen molar-refractivity contribution in [1.29, 1.82) is 0 Å². The van der Waals surface area contributed by atoms with E-state index in [0.717, 1.165) is 4.57 Å². The zero-order valence-electron chi connectivity index (χ0n) is 10.7. The molecule has 104 valence electrons. The molecule has 0 aliphatic carbocycles. The number of benzene rings is 1. The summed E-state index contributed by atoms with van der Waals surface area (Å²) in [5.74, 6) is -0.562. The Labute approximate surface area is 119 Å². The van der Waals surface area contributed by atoms with Crippen LogP contribution in [0.2, 0.25) is 0 Å². The molecule has 0 bridgehead atoms. The third kappa shape index (κ3) is 2.67. The summed E-state index contributed by atoms with van der Waals surface area (Å²) >= 11 is 4.76. The molecular formula is C13H12FN3O2S. The third-order valence-corrected chi connectivity index (χ3v) is 3.14. The first-order valence-corrected chi connectivity index (χ1v) is 6.15. The Morgan fingerprint density at radius 3 is 2.65 bits per heavy atom. The van der Waals surface area contributed by atoms with E-state index in [-0.39, 0.29) is 17.1 Å². The Bertz CT molecular complexity index is 795. The van der Waals surface area contributed by atoms with Crippen molar-refractivity contribution in [2.24, 2.45) is 12.8 Å². The number of halogens is 1. The van der Waals surface area contributed by atoms with Crippen molar-refractivity contribution < 1.29 is 4.39 Å². The molecule has 2 aromatic rings. The van der Waals surface area contributed by atoms with Crippen molar-refractivity contribution in [2.75, 3.05) is 0 Å². The van der Waals surface area contributed by atoms with Crippen LogP contribution in [0.3, 0.4) is 0 Å². The standard InChI is InChI=1S/C13H12FN3O2S/c1-16-5-4-11(18)17(13(16)19)7-9-3-2-8(12(15)20)6-10(9)14/h2-6H,7H2,1H3,(H2,15,20). The summed E-state index contributed by atoms with van der Waals surface area (Å²) in [6.45, 7) is -0.143. The van der Waals surface area contributed by atoms with Gasteiger partial charge in [-0.05, 0) is 6.07 Å². The molecule has 0 radical (unpaired) electrons. The molecule has 0 unspecified atom stereocenters. The average Bonchev–Trinajstić information content (AvgIpc) is 2.40. The maximum atomic E-state index is 13.9. The van der Waals surface area contributed by atoms with Crippen molar-refractivity contribution in [3.8, 4) is 0 Å². The molecule has 5 nitrogen and oxygen atoms in total. The zero-order chi connectivity index (χ0) is 14.9. The van der Waals surface area contributed by atoms with Gasteiger partial charge in [0.25, 0.3) is 5.56 Å². The quantitative estimate of drug-likeness (QED) is 0.830. The molecule has 20 heavy (non-hydrogen) atoms. The minimum atomic E-state index is -0.562. The molecule has 1 heterocycles. The van der Waals surface area contributed by atoms with Gasteiger partial charge in [0.1, 0.15) is 10.8 Å². The fourth-order valence-corrected chi connectivity index (χ4v) is 1.89. The second-order valence-electron chi connectivity index (χ2n) is 4.30. The summed E-state index contributed by atoms with van der Waals surface area (Å²) < 4.78 is 16.1. The normalized spacial score (nSPS) is 10.5. The number of nitrogens with zero attached hydrogens (tertiary/aromatic N) is 2. The van der Waals surface area contributed by atoms with Crippen LogP contribution in [-0.4, -0.2) is 14.1 Å². The van der Waals surface area contributed by atoms with E-state index in [0.29, 0.717) is 5.56 Å². The first-order valence-electron chi connectivity index (χ1n) is 5.75. The number of rotatable bonds is 3. The SMILES string of the molecule is Cn1ccc(=O)n(Cc2ccc(C(N)=S)cc2F)c1=O. The fourth-order valence-electron chi connectivity index (χ4n) is 1.76. The van der Waals surface area contributed by atoms with Crippen molar-refractivity contribution >= 4 is 17.2 Å². The lowest BCUT2D eigenvalue weighted by Gasteiger charge is -2.08. The number of hydrogen-bond acceptors (Lipinski definition) is 3. The van der Waals surface area contributed by atoms with Crippen LogP contribution in [0.5, 0.6) is 0 Å². The number of aromatic nitrogens is 2. The van der Waals surface area contributed by atoms with Crippen molar-refractivity contribution in [3.63, 3.8) is 0 Å². The highest BCUT2D eigenvalue weighted by Crippen LogP contribution is 2.11. The highest BCUT2D eigenvalue weighted by atomic mass is 32.1. The molecule has 0 atom stereocenters. The molecular weight excluding hydrogens is 281 g/mol. The highest BCUT2D eigenvalue weighted by Gasteiger charge is 2.09. The van der Waals surface area contributed by atoms with Gasteiger partial charge in [0.2, 0.25) is 0 Å². The molecule has 0 saturated heterocycles. The van der Waals surface area contributed by atoms with Gasteiger partial charge in [-0.1, -0.05) is 24.4 Å². The minimum absolute atomic E-state index is 0.0863. The van der Waals surface area contributed by atoms with Gasteiger partial charge >= 0.3 is 5.69 Å². The summed E-state index contributed by atoms with van der Waals surface area (Å²) in [7, 11) is 1.52. The Morgan fingerprint density at radius 2 is 2.05 bits per heavy atom. The van der Waals surface area contributed by atoms with E-state index >= 15 is 0 Å². The lowest BCUT2D eigenvalue weighted by molar-refractivity contribution is 0.578. The van der Waals surface area contributed by atoms with Crippen LogP contribution in [0.15, 0.2) is 40.1 Å². The van der Waals surface area contributed by atoms with E-state index < -0.39 is 17.1 Å². The van der Waals surface area contributed by atoms with Crippen molar-refractivity contribution in [3.05, 3.63) is 68.2 Å². The lowest BCUT2D eigenvalue weighted by Crippen LogP contribution is -2.38. The van der Waals surface area contributed by atoms with Gasteiger partial charge in [-0.2, -0.15) is 0 Å². The predicted octanol–water partition coefficient (Wildman–Crippen LogP) is 0.369. The van der Waals surface area contributed by atoms with Gasteiger partial charge in [-0.3, -0.25) is 9.36 Å². The van der Waals surface area contributed by atoms with Crippen molar-refractivity contribution in [1.82, 2.24) is 9.13 Å². The summed E-state index contributed by atoms with van der Waals surface area (Å²) in [4.78, 5) is 23.6. The van der Waals surface area contributed by atoms with Crippen molar-refractivity contribution in [2.45, 2.75) is 6.54 Å². The van der Waals surface area contributed by atoms with E-state index in [4.69, 9.17) is 18.0 Å². The van der Waals surface area contributed by atoms with E-state index in [1.165, 1.54) is 36.0 Å². The Balaban J connectivity index is 2.46. The second kappa shape index (κ2) is 5.38. The van der Waals surface area contributed by atoms with Crippen LogP contribution in [0.1, 0.15) is 11.1 Å². The molecule has 2 rings (SSSR count). The number of hydrogen-bond donors (Lipinski definition) is 1. The van der Waals surface area contributed by atoms with Gasteiger partial charge in [0.05, 0.1) is 6.54 Å². The molecule has 0 spiro atoms. The summed E-state index contributed by atoms with van der Waals surface area (Å²) in [6.07, 6.45) is 1.37. The third-order valence-electron chi connectivity index (χ3n) is 2.91. The van der Waals surface area contributed by atoms with Gasteiger partial charge in [0.15, 0.2) is 0 Å². The van der Waals surface area contributed by atoms with E-state index in [2.05, 4.69) is 0 Å². The molecule has 0 aliphatic rings. The molecule has 7 heteroatoms. The predicted molar refractivity (Wildman–Crippen MR) is 77.3 cm³/mol. The fraction of sp³-hybridized carbons (Fsp3) is 0.154. The largest absolute Gasteiger partial charge is 0.389 e. The Morgan fingerprint density at radius 1 is 1.35 bits per heavy atom. The topological polar surface area (TPSA) is 70.0 Å². The first-order chi connectivity index (χ1) is 9.40. The minimum Gasteiger partial charge on any atom is -0.389 e. The molecule has 1 aromatic heterocycles. The second-order valence-corrected chi connectivity index (χ2v) is 4.74. The average molecular weight is 293 g/mol. The zero-order valence-corrected chi connectivity index (χ0v) is 11.5.